The summed E-state index contributed by atoms with van der Waals surface area (Å²) in [5.74, 6) is -0.806. The van der Waals surface area contributed by atoms with Gasteiger partial charge in [0.1, 0.15) is 6.54 Å². The highest BCUT2D eigenvalue weighted by molar-refractivity contribution is 5.98. The molecule has 2 rings (SSSR count). The van der Waals surface area contributed by atoms with E-state index in [4.69, 9.17) is 5.26 Å². The molecule has 6 nitrogen and oxygen atoms in total. The molecule has 0 bridgehead atoms. The zero-order valence-corrected chi connectivity index (χ0v) is 13.7. The third-order valence-corrected chi connectivity index (χ3v) is 4.31. The summed E-state index contributed by atoms with van der Waals surface area (Å²) >= 11 is 0. The highest BCUT2D eigenvalue weighted by atomic mass is 16.2. The van der Waals surface area contributed by atoms with Gasteiger partial charge in [0.25, 0.3) is 5.91 Å². The van der Waals surface area contributed by atoms with Crippen molar-refractivity contribution in [3.63, 3.8) is 0 Å². The minimum Gasteiger partial charge on any atom is -0.349 e. The Hall–Kier alpha value is -2.68. The van der Waals surface area contributed by atoms with E-state index in [-0.39, 0.29) is 36.1 Å². The van der Waals surface area contributed by atoms with Gasteiger partial charge in [-0.15, -0.1) is 0 Å². The van der Waals surface area contributed by atoms with Crippen molar-refractivity contribution in [2.75, 3.05) is 6.54 Å². The van der Waals surface area contributed by atoms with Crippen LogP contribution in [0, 0.1) is 17.2 Å². The predicted octanol–water partition coefficient (Wildman–Crippen LogP) is 1.82. The van der Waals surface area contributed by atoms with Gasteiger partial charge in [0.15, 0.2) is 5.78 Å². The lowest BCUT2D eigenvalue weighted by Crippen LogP contribution is -2.48. The minimum atomic E-state index is -0.312. The Morgan fingerprint density at radius 2 is 1.75 bits per heavy atom. The number of rotatable bonds is 5. The Morgan fingerprint density at radius 1 is 1.12 bits per heavy atom. The Morgan fingerprint density at radius 3 is 2.38 bits per heavy atom. The number of nitrogens with one attached hydrogen (secondary N) is 2. The number of hydrogen-bond acceptors (Lipinski definition) is 4. The molecule has 6 heteroatoms. The van der Waals surface area contributed by atoms with Crippen LogP contribution >= 0.6 is 0 Å². The molecule has 1 aliphatic rings. The van der Waals surface area contributed by atoms with Crippen molar-refractivity contribution in [1.82, 2.24) is 10.6 Å². The third-order valence-electron chi connectivity index (χ3n) is 4.31. The first-order valence-corrected chi connectivity index (χ1v) is 8.09. The number of nitrogens with zero attached hydrogens (tertiary/aromatic N) is 1. The quantitative estimate of drug-likeness (QED) is 0.636. The molecule has 0 heterocycles. The molecule has 0 aromatic heterocycles. The lowest BCUT2D eigenvalue weighted by Gasteiger charge is -2.31. The van der Waals surface area contributed by atoms with Crippen LogP contribution in [0.15, 0.2) is 24.3 Å². The Labute approximate surface area is 141 Å². The standard InChI is InChI=1S/C18H21N3O3/c1-12(22)13-6-8-14(9-7-13)17(23)21-16-5-3-2-4-15(16)18(24)20-11-10-19/h6-9,15-16H,2-5,11H2,1H3,(H,20,24)(H,21,23)/t15-,16+/m0/s1. The van der Waals surface area contributed by atoms with Crippen molar-refractivity contribution in [3.05, 3.63) is 35.4 Å². The van der Waals surface area contributed by atoms with E-state index in [1.54, 1.807) is 24.3 Å². The van der Waals surface area contributed by atoms with Crippen LogP contribution < -0.4 is 10.6 Å². The highest BCUT2D eigenvalue weighted by Gasteiger charge is 2.32. The maximum absolute atomic E-state index is 12.4. The van der Waals surface area contributed by atoms with Crippen LogP contribution in [0.3, 0.4) is 0 Å². The molecule has 1 saturated carbocycles. The van der Waals surface area contributed by atoms with Gasteiger partial charge in [-0.05, 0) is 31.9 Å². The molecule has 126 valence electrons. The number of nitriles is 1. The second-order valence-electron chi connectivity index (χ2n) is 5.98. The van der Waals surface area contributed by atoms with Crippen LogP contribution in [0.1, 0.15) is 53.3 Å². The molecule has 24 heavy (non-hydrogen) atoms. The predicted molar refractivity (Wildman–Crippen MR) is 88.3 cm³/mol. The summed E-state index contributed by atoms with van der Waals surface area (Å²) in [5.41, 5.74) is 1.01. The van der Waals surface area contributed by atoms with Gasteiger partial charge in [-0.3, -0.25) is 14.4 Å². The number of Topliss-reactive ketones (excluding diaryl/α,β-unsaturated/α-hetero) is 1. The van der Waals surface area contributed by atoms with E-state index < -0.39 is 0 Å². The third kappa shape index (κ3) is 4.42. The largest absolute Gasteiger partial charge is 0.349 e. The number of carbonyl (C=O) groups is 3. The van der Waals surface area contributed by atoms with E-state index in [2.05, 4.69) is 10.6 Å². The van der Waals surface area contributed by atoms with Crippen LogP contribution in [-0.4, -0.2) is 30.2 Å². The fraction of sp³-hybridized carbons (Fsp3) is 0.444. The van der Waals surface area contributed by atoms with Crippen LogP contribution in [0.4, 0.5) is 0 Å². The molecule has 2 N–H and O–H groups in total. The summed E-state index contributed by atoms with van der Waals surface area (Å²) in [4.78, 5) is 35.8. The van der Waals surface area contributed by atoms with Crippen molar-refractivity contribution in [1.29, 1.82) is 5.26 Å². The molecular formula is C18H21N3O3. The molecule has 2 atom stereocenters. The fourth-order valence-electron chi connectivity index (χ4n) is 2.98. The zero-order chi connectivity index (χ0) is 17.5. The van der Waals surface area contributed by atoms with Crippen molar-refractivity contribution in [2.24, 2.45) is 5.92 Å². The van der Waals surface area contributed by atoms with E-state index in [0.717, 1.165) is 19.3 Å². The summed E-state index contributed by atoms with van der Waals surface area (Å²) in [6, 6.07) is 8.11. The average molecular weight is 327 g/mol. The molecule has 0 radical (unpaired) electrons. The normalized spacial score (nSPS) is 19.8. The summed E-state index contributed by atoms with van der Waals surface area (Å²) in [6.07, 6.45) is 3.33. The van der Waals surface area contributed by atoms with Crippen LogP contribution in [0.25, 0.3) is 0 Å². The molecule has 0 aliphatic heterocycles. The summed E-state index contributed by atoms with van der Waals surface area (Å²) in [5, 5.41) is 14.1. The minimum absolute atomic E-state index is 0.0253. The van der Waals surface area contributed by atoms with Gasteiger partial charge in [0.05, 0.1) is 12.0 Å². The lowest BCUT2D eigenvalue weighted by molar-refractivity contribution is -0.126. The molecule has 1 aliphatic carbocycles. The second kappa shape index (κ2) is 8.25. The van der Waals surface area contributed by atoms with Gasteiger partial charge in [0.2, 0.25) is 5.91 Å². The van der Waals surface area contributed by atoms with Crippen LogP contribution in [0.2, 0.25) is 0 Å². The van der Waals surface area contributed by atoms with Gasteiger partial charge in [0, 0.05) is 17.2 Å². The molecule has 1 fully saturated rings. The van der Waals surface area contributed by atoms with Gasteiger partial charge >= 0.3 is 0 Å². The number of amides is 2. The highest BCUT2D eigenvalue weighted by Crippen LogP contribution is 2.25. The van der Waals surface area contributed by atoms with Crippen molar-refractivity contribution in [2.45, 2.75) is 38.6 Å². The molecule has 1 aromatic carbocycles. The van der Waals surface area contributed by atoms with Crippen molar-refractivity contribution >= 4 is 17.6 Å². The summed E-state index contributed by atoms with van der Waals surface area (Å²) in [6.45, 7) is 1.45. The second-order valence-corrected chi connectivity index (χ2v) is 5.98. The van der Waals surface area contributed by atoms with Crippen LogP contribution in [0.5, 0.6) is 0 Å². The molecule has 2 amide bonds. The maximum Gasteiger partial charge on any atom is 0.251 e. The van der Waals surface area contributed by atoms with E-state index >= 15 is 0 Å². The van der Waals surface area contributed by atoms with Crippen LogP contribution in [-0.2, 0) is 4.79 Å². The smallest absolute Gasteiger partial charge is 0.251 e. The van der Waals surface area contributed by atoms with Gasteiger partial charge in [-0.2, -0.15) is 5.26 Å². The van der Waals surface area contributed by atoms with Gasteiger partial charge in [-0.25, -0.2) is 0 Å². The Balaban J connectivity index is 2.03. The monoisotopic (exact) mass is 327 g/mol. The molecule has 0 unspecified atom stereocenters. The lowest BCUT2D eigenvalue weighted by atomic mass is 9.83. The fourth-order valence-corrected chi connectivity index (χ4v) is 2.98. The first-order chi connectivity index (χ1) is 11.5. The van der Waals surface area contributed by atoms with E-state index in [1.165, 1.54) is 6.92 Å². The Kier molecular flexibility index (Phi) is 6.07. The maximum atomic E-state index is 12.4. The molecule has 0 spiro atoms. The van der Waals surface area contributed by atoms with Crippen molar-refractivity contribution < 1.29 is 14.4 Å². The number of hydrogen-bond donors (Lipinski definition) is 2. The Bertz CT molecular complexity index is 661. The van der Waals surface area contributed by atoms with E-state index in [0.29, 0.717) is 17.5 Å². The first kappa shape index (κ1) is 17.7. The summed E-state index contributed by atoms with van der Waals surface area (Å²) in [7, 11) is 0. The van der Waals surface area contributed by atoms with Gasteiger partial charge < -0.3 is 10.6 Å². The first-order valence-electron chi connectivity index (χ1n) is 8.09. The molecule has 0 saturated heterocycles. The van der Waals surface area contributed by atoms with Crippen molar-refractivity contribution in [3.8, 4) is 6.07 Å². The number of carbonyl (C=O) groups excluding carboxylic acids is 3. The summed E-state index contributed by atoms with van der Waals surface area (Å²) < 4.78 is 0. The van der Waals surface area contributed by atoms with E-state index in [1.807, 2.05) is 6.07 Å². The number of ketones is 1. The van der Waals surface area contributed by atoms with E-state index in [9.17, 15) is 14.4 Å². The van der Waals surface area contributed by atoms with Gasteiger partial charge in [-0.1, -0.05) is 25.0 Å². The average Bonchev–Trinajstić information content (AvgIpc) is 2.60. The SMILES string of the molecule is CC(=O)c1ccc(C(=O)N[C@@H]2CCCC[C@@H]2C(=O)NCC#N)cc1. The number of benzene rings is 1. The molecular weight excluding hydrogens is 306 g/mol. The topological polar surface area (TPSA) is 99.1 Å². The molecule has 1 aromatic rings. The zero-order valence-electron chi connectivity index (χ0n) is 13.7.